The molecular weight excluding hydrogens is 149 g/mol. The number of thioether (sulfide) groups is 1. The highest BCUT2D eigenvalue weighted by atomic mass is 32.2. The Labute approximate surface area is 56.8 Å². The summed E-state index contributed by atoms with van der Waals surface area (Å²) >= 11 is 1.31. The van der Waals surface area contributed by atoms with Crippen molar-refractivity contribution < 1.29 is 13.2 Å². The Hall–Kier alpha value is 0.140. The zero-order valence-electron chi connectivity index (χ0n) is 5.16. The second-order valence-electron chi connectivity index (χ2n) is 1.56. The summed E-state index contributed by atoms with van der Waals surface area (Å²) in [4.78, 5) is 0. The first-order valence-corrected chi connectivity index (χ1v) is 3.86. The van der Waals surface area contributed by atoms with Crippen molar-refractivity contribution in [1.29, 1.82) is 0 Å². The average molecular weight is 158 g/mol. The first-order chi connectivity index (χ1) is 4.06. The molecule has 0 atom stereocenters. The fourth-order valence-electron chi connectivity index (χ4n) is 0.332. The summed E-state index contributed by atoms with van der Waals surface area (Å²) in [6.07, 6.45) is -4.63. The van der Waals surface area contributed by atoms with Crippen LogP contribution in [-0.4, -0.2) is 17.7 Å². The van der Waals surface area contributed by atoms with Gasteiger partial charge in [0.15, 0.2) is 0 Å². The van der Waals surface area contributed by atoms with Gasteiger partial charge in [0.05, 0.1) is 6.42 Å². The minimum Gasteiger partial charge on any atom is -0.171 e. The molecule has 0 aliphatic rings. The second-order valence-corrected chi connectivity index (χ2v) is 2.96. The van der Waals surface area contributed by atoms with E-state index in [0.29, 0.717) is 0 Å². The summed E-state index contributed by atoms with van der Waals surface area (Å²) < 4.78 is 34.1. The summed E-state index contributed by atoms with van der Waals surface area (Å²) in [7, 11) is 0. The predicted molar refractivity (Wildman–Crippen MR) is 33.7 cm³/mol. The molecule has 4 heteroatoms. The van der Waals surface area contributed by atoms with Crippen molar-refractivity contribution >= 4 is 11.8 Å². The number of hydrogen-bond acceptors (Lipinski definition) is 1. The summed E-state index contributed by atoms with van der Waals surface area (Å²) in [5.41, 5.74) is 0. The molecule has 0 saturated carbocycles. The molecule has 0 spiro atoms. The molecule has 0 saturated heterocycles. The van der Waals surface area contributed by atoms with Crippen LogP contribution in [0.3, 0.4) is 0 Å². The summed E-state index contributed by atoms with van der Waals surface area (Å²) in [6, 6.07) is 0. The van der Waals surface area contributed by atoms with E-state index in [4.69, 9.17) is 0 Å². The molecule has 0 radical (unpaired) electrons. The summed E-state index contributed by atoms with van der Waals surface area (Å²) in [5.74, 6) is 0.954. The van der Waals surface area contributed by atoms with Crippen LogP contribution in [-0.2, 0) is 0 Å². The third-order valence-corrected chi connectivity index (χ3v) is 1.64. The van der Waals surface area contributed by atoms with E-state index in [1.807, 2.05) is 6.92 Å². The molecule has 0 fully saturated rings. The van der Waals surface area contributed by atoms with Crippen molar-refractivity contribution in [3.63, 3.8) is 0 Å². The largest absolute Gasteiger partial charge is 0.389 e. The van der Waals surface area contributed by atoms with Crippen LogP contribution < -0.4 is 0 Å². The van der Waals surface area contributed by atoms with Crippen molar-refractivity contribution in [3.05, 3.63) is 0 Å². The van der Waals surface area contributed by atoms with Gasteiger partial charge in [0.25, 0.3) is 0 Å². The minimum atomic E-state index is -3.97. The van der Waals surface area contributed by atoms with E-state index in [2.05, 4.69) is 0 Å². The molecule has 0 N–H and O–H groups in total. The molecule has 0 nitrogen and oxygen atoms in total. The maximum Gasteiger partial charge on any atom is 0.389 e. The lowest BCUT2D eigenvalue weighted by atomic mass is 10.5. The maximum absolute atomic E-state index is 11.4. The first kappa shape index (κ1) is 9.14. The van der Waals surface area contributed by atoms with E-state index in [9.17, 15) is 13.2 Å². The Bertz CT molecular complexity index is 69.1. The molecule has 9 heavy (non-hydrogen) atoms. The van der Waals surface area contributed by atoms with Crippen molar-refractivity contribution in [3.8, 4) is 0 Å². The third kappa shape index (κ3) is 8.14. The lowest BCUT2D eigenvalue weighted by Crippen LogP contribution is -2.07. The quantitative estimate of drug-likeness (QED) is 0.569. The highest BCUT2D eigenvalue weighted by molar-refractivity contribution is 7.99. The molecule has 0 amide bonds. The van der Waals surface area contributed by atoms with Crippen molar-refractivity contribution in [1.82, 2.24) is 0 Å². The molecule has 0 unspecified atom stereocenters. The van der Waals surface area contributed by atoms with E-state index >= 15 is 0 Å². The highest BCUT2D eigenvalue weighted by Crippen LogP contribution is 2.21. The lowest BCUT2D eigenvalue weighted by molar-refractivity contribution is -0.129. The number of rotatable bonds is 3. The van der Waals surface area contributed by atoms with Crippen LogP contribution in [0.15, 0.2) is 0 Å². The van der Waals surface area contributed by atoms with Gasteiger partial charge >= 0.3 is 6.18 Å². The van der Waals surface area contributed by atoms with Crippen molar-refractivity contribution in [2.24, 2.45) is 0 Å². The van der Waals surface area contributed by atoms with E-state index in [0.717, 1.165) is 5.75 Å². The average Bonchev–Trinajstić information content (AvgIpc) is 1.63. The van der Waals surface area contributed by atoms with Gasteiger partial charge in [-0.15, -0.1) is 0 Å². The van der Waals surface area contributed by atoms with Gasteiger partial charge in [-0.1, -0.05) is 6.92 Å². The summed E-state index contributed by atoms with van der Waals surface area (Å²) in [6.45, 7) is 1.85. The van der Waals surface area contributed by atoms with E-state index in [1.165, 1.54) is 11.8 Å². The van der Waals surface area contributed by atoms with Gasteiger partial charge in [-0.05, 0) is 5.75 Å². The molecule has 0 aromatic rings. The van der Waals surface area contributed by atoms with Gasteiger partial charge in [0.1, 0.15) is 0 Å². The van der Waals surface area contributed by atoms with Crippen LogP contribution in [0.4, 0.5) is 13.2 Å². The molecule has 56 valence electrons. The van der Waals surface area contributed by atoms with Gasteiger partial charge in [-0.3, -0.25) is 0 Å². The van der Waals surface area contributed by atoms with Gasteiger partial charge in [0.2, 0.25) is 0 Å². The summed E-state index contributed by atoms with van der Waals surface area (Å²) in [5, 5.41) is 0. The first-order valence-electron chi connectivity index (χ1n) is 2.70. The third-order valence-electron chi connectivity index (χ3n) is 0.734. The topological polar surface area (TPSA) is 0 Å². The smallest absolute Gasteiger partial charge is 0.171 e. The number of alkyl halides is 3. The van der Waals surface area contributed by atoms with Crippen molar-refractivity contribution in [2.45, 2.75) is 19.5 Å². The zero-order valence-corrected chi connectivity index (χ0v) is 5.98. The Balaban J connectivity index is 3.07. The van der Waals surface area contributed by atoms with Crippen LogP contribution in [0.2, 0.25) is 0 Å². The van der Waals surface area contributed by atoms with Crippen LogP contribution >= 0.6 is 11.8 Å². The van der Waals surface area contributed by atoms with Crippen LogP contribution in [0.5, 0.6) is 0 Å². The fraction of sp³-hybridized carbons (Fsp3) is 1.00. The molecule has 0 heterocycles. The lowest BCUT2D eigenvalue weighted by Gasteiger charge is -2.03. The monoisotopic (exact) mass is 158 g/mol. The van der Waals surface area contributed by atoms with Crippen LogP contribution in [0, 0.1) is 0 Å². The second kappa shape index (κ2) is 4.04. The normalized spacial score (nSPS) is 12.0. The maximum atomic E-state index is 11.4. The molecule has 0 bridgehead atoms. The Morgan fingerprint density at radius 2 is 1.89 bits per heavy atom. The molecule has 0 aliphatic carbocycles. The highest BCUT2D eigenvalue weighted by Gasteiger charge is 2.25. The molecule has 0 aromatic heterocycles. The van der Waals surface area contributed by atoms with Crippen LogP contribution in [0.25, 0.3) is 0 Å². The predicted octanol–water partition coefficient (Wildman–Crippen LogP) is 2.69. The standard InChI is InChI=1S/C5H9F3S/c1-2-9-4-3-5(6,7)8/h2-4H2,1H3. The Kier molecular flexibility index (Phi) is 4.10. The Morgan fingerprint density at radius 3 is 2.22 bits per heavy atom. The SMILES string of the molecule is CCSCCC(F)(F)F. The minimum absolute atomic E-state index is 0.194. The Morgan fingerprint density at radius 1 is 1.33 bits per heavy atom. The van der Waals surface area contributed by atoms with Crippen LogP contribution in [0.1, 0.15) is 13.3 Å². The fourth-order valence-corrected chi connectivity index (χ4v) is 0.997. The van der Waals surface area contributed by atoms with E-state index in [-0.39, 0.29) is 5.75 Å². The molecule has 0 aliphatic heterocycles. The van der Waals surface area contributed by atoms with E-state index in [1.54, 1.807) is 0 Å². The molecular formula is C5H9F3S. The molecule has 0 aromatic carbocycles. The van der Waals surface area contributed by atoms with Gasteiger partial charge in [0, 0.05) is 5.75 Å². The van der Waals surface area contributed by atoms with Gasteiger partial charge in [-0.2, -0.15) is 24.9 Å². The van der Waals surface area contributed by atoms with Gasteiger partial charge < -0.3 is 0 Å². The molecule has 0 rings (SSSR count). The zero-order chi connectivity index (χ0) is 7.33. The number of halogens is 3. The van der Waals surface area contributed by atoms with Crippen molar-refractivity contribution in [2.75, 3.05) is 11.5 Å². The van der Waals surface area contributed by atoms with E-state index < -0.39 is 12.6 Å². The number of hydrogen-bond donors (Lipinski definition) is 0. The van der Waals surface area contributed by atoms with Gasteiger partial charge in [-0.25, -0.2) is 0 Å².